The van der Waals surface area contributed by atoms with Gasteiger partial charge in [0.1, 0.15) is 0 Å². The topological polar surface area (TPSA) is 12.4 Å². The molecule has 0 aromatic heterocycles. The zero-order valence-corrected chi connectivity index (χ0v) is 6.15. The van der Waals surface area contributed by atoms with Crippen LogP contribution in [-0.2, 0) is 0 Å². The van der Waals surface area contributed by atoms with Crippen LogP contribution in [0.25, 0.3) is 0 Å². The lowest BCUT2D eigenvalue weighted by molar-refractivity contribution is 1.24. The summed E-state index contributed by atoms with van der Waals surface area (Å²) < 4.78 is 0. The van der Waals surface area contributed by atoms with Crippen LogP contribution in [0.4, 0.5) is 0 Å². The molecule has 0 fully saturated rings. The summed E-state index contributed by atoms with van der Waals surface area (Å²) in [7, 11) is 0. The second kappa shape index (κ2) is 4.07. The summed E-state index contributed by atoms with van der Waals surface area (Å²) in [6.07, 6.45) is 2.63. The van der Waals surface area contributed by atoms with Crippen molar-refractivity contribution in [2.45, 2.75) is 20.3 Å². The summed E-state index contributed by atoms with van der Waals surface area (Å²) in [6.45, 7) is 11.2. The Bertz CT molecular complexity index is 143. The molecule has 0 spiro atoms. The minimum atomic E-state index is 0.745. The average Bonchev–Trinajstić information content (AvgIpc) is 1.87. The number of hydrogen-bond acceptors (Lipinski definition) is 1. The van der Waals surface area contributed by atoms with E-state index in [-0.39, 0.29) is 0 Å². The van der Waals surface area contributed by atoms with Crippen molar-refractivity contribution < 1.29 is 0 Å². The number of allylic oxidation sites excluding steroid dienone is 1. The predicted molar refractivity (Wildman–Crippen MR) is 42.7 cm³/mol. The second-order valence-electron chi connectivity index (χ2n) is 1.90. The van der Waals surface area contributed by atoms with Crippen LogP contribution in [-0.4, -0.2) is 5.71 Å². The third kappa shape index (κ3) is 3.71. The predicted octanol–water partition coefficient (Wildman–Crippen LogP) is 2.56. The fourth-order valence-corrected chi connectivity index (χ4v) is 0.370. The third-order valence-corrected chi connectivity index (χ3v) is 1.08. The summed E-state index contributed by atoms with van der Waals surface area (Å²) in [6, 6.07) is 0. The first-order valence-corrected chi connectivity index (χ1v) is 3.06. The minimum Gasteiger partial charge on any atom is -0.259 e. The van der Waals surface area contributed by atoms with Crippen molar-refractivity contribution in [1.82, 2.24) is 0 Å². The quantitative estimate of drug-likeness (QED) is 0.404. The maximum atomic E-state index is 4.12. The smallest absolute Gasteiger partial charge is 0.0551 e. The van der Waals surface area contributed by atoms with Gasteiger partial charge in [0.15, 0.2) is 0 Å². The molecule has 0 aromatic rings. The summed E-state index contributed by atoms with van der Waals surface area (Å²) in [5.74, 6) is 0. The molecule has 50 valence electrons. The van der Waals surface area contributed by atoms with Crippen molar-refractivity contribution in [2.24, 2.45) is 4.99 Å². The van der Waals surface area contributed by atoms with Crippen molar-refractivity contribution >= 4 is 5.71 Å². The molecule has 0 amide bonds. The summed E-state index contributed by atoms with van der Waals surface area (Å²) in [5, 5.41) is 0. The number of nitrogens with zero attached hydrogens (tertiary/aromatic N) is 1. The molecule has 0 atom stereocenters. The minimum absolute atomic E-state index is 0.745. The Morgan fingerprint density at radius 3 is 2.56 bits per heavy atom. The van der Waals surface area contributed by atoms with Gasteiger partial charge in [0.25, 0.3) is 0 Å². The van der Waals surface area contributed by atoms with Gasteiger partial charge in [-0.1, -0.05) is 20.1 Å². The van der Waals surface area contributed by atoms with Crippen molar-refractivity contribution in [3.63, 3.8) is 0 Å². The highest BCUT2D eigenvalue weighted by Gasteiger charge is 1.83. The lowest BCUT2D eigenvalue weighted by Crippen LogP contribution is -1.86. The van der Waals surface area contributed by atoms with Gasteiger partial charge in [-0.3, -0.25) is 4.99 Å². The van der Waals surface area contributed by atoms with Gasteiger partial charge >= 0.3 is 0 Å². The first-order valence-electron chi connectivity index (χ1n) is 3.06. The Kier molecular flexibility index (Phi) is 3.69. The fourth-order valence-electron chi connectivity index (χ4n) is 0.370. The van der Waals surface area contributed by atoms with E-state index in [0.29, 0.717) is 0 Å². The van der Waals surface area contributed by atoms with E-state index in [4.69, 9.17) is 0 Å². The van der Waals surface area contributed by atoms with E-state index in [1.807, 2.05) is 6.92 Å². The molecule has 0 N–H and O–H groups in total. The standard InChI is InChI=1S/C8H13N/c1-5-7(3)9-8(4)6-2/h5H,1,3,6H2,2,4H3. The van der Waals surface area contributed by atoms with Gasteiger partial charge in [-0.05, 0) is 19.4 Å². The second-order valence-corrected chi connectivity index (χ2v) is 1.90. The van der Waals surface area contributed by atoms with Crippen molar-refractivity contribution in [1.29, 1.82) is 0 Å². The number of aliphatic imine (C=N–C) groups is 1. The largest absolute Gasteiger partial charge is 0.259 e. The molecule has 9 heavy (non-hydrogen) atoms. The van der Waals surface area contributed by atoms with Crippen LogP contribution in [0.15, 0.2) is 29.9 Å². The lowest BCUT2D eigenvalue weighted by Gasteiger charge is -1.92. The van der Waals surface area contributed by atoms with Crippen molar-refractivity contribution in [3.8, 4) is 0 Å². The van der Waals surface area contributed by atoms with Crippen LogP contribution in [0.3, 0.4) is 0 Å². The highest BCUT2D eigenvalue weighted by molar-refractivity contribution is 5.82. The van der Waals surface area contributed by atoms with Crippen LogP contribution in [0.2, 0.25) is 0 Å². The van der Waals surface area contributed by atoms with Crippen molar-refractivity contribution in [3.05, 3.63) is 24.9 Å². The van der Waals surface area contributed by atoms with Gasteiger partial charge in [-0.15, -0.1) is 0 Å². The zero-order chi connectivity index (χ0) is 7.28. The van der Waals surface area contributed by atoms with Crippen LogP contribution < -0.4 is 0 Å². The van der Waals surface area contributed by atoms with Gasteiger partial charge in [-0.2, -0.15) is 0 Å². The van der Waals surface area contributed by atoms with Gasteiger partial charge in [0.2, 0.25) is 0 Å². The molecular weight excluding hydrogens is 110 g/mol. The molecule has 1 nitrogen and oxygen atoms in total. The van der Waals surface area contributed by atoms with E-state index in [1.54, 1.807) is 6.08 Å². The molecule has 0 aliphatic carbocycles. The Morgan fingerprint density at radius 1 is 1.67 bits per heavy atom. The van der Waals surface area contributed by atoms with Gasteiger partial charge in [0, 0.05) is 5.71 Å². The molecule has 0 saturated heterocycles. The van der Waals surface area contributed by atoms with E-state index in [0.717, 1.165) is 17.8 Å². The highest BCUT2D eigenvalue weighted by Crippen LogP contribution is 1.95. The van der Waals surface area contributed by atoms with Gasteiger partial charge in [0.05, 0.1) is 5.70 Å². The molecule has 0 radical (unpaired) electrons. The summed E-state index contributed by atoms with van der Waals surface area (Å²) in [5.41, 5.74) is 1.84. The zero-order valence-electron chi connectivity index (χ0n) is 6.15. The normalized spacial score (nSPS) is 11.1. The molecule has 0 heterocycles. The summed E-state index contributed by atoms with van der Waals surface area (Å²) in [4.78, 5) is 4.12. The first kappa shape index (κ1) is 8.15. The van der Waals surface area contributed by atoms with Crippen LogP contribution >= 0.6 is 0 Å². The van der Waals surface area contributed by atoms with Crippen molar-refractivity contribution in [2.75, 3.05) is 0 Å². The lowest BCUT2D eigenvalue weighted by atomic mass is 10.3. The maximum absolute atomic E-state index is 4.12. The van der Waals surface area contributed by atoms with Crippen LogP contribution in [0.1, 0.15) is 20.3 Å². The molecule has 0 unspecified atom stereocenters. The van der Waals surface area contributed by atoms with Gasteiger partial charge in [-0.25, -0.2) is 0 Å². The molecule has 0 aliphatic heterocycles. The van der Waals surface area contributed by atoms with Crippen LogP contribution in [0, 0.1) is 0 Å². The number of hydrogen-bond donors (Lipinski definition) is 0. The fraction of sp³-hybridized carbons (Fsp3) is 0.375. The average molecular weight is 123 g/mol. The van der Waals surface area contributed by atoms with E-state index in [2.05, 4.69) is 25.1 Å². The molecule has 0 aliphatic rings. The molecule has 0 saturated carbocycles. The molecule has 0 aromatic carbocycles. The third-order valence-electron chi connectivity index (χ3n) is 1.08. The molecule has 1 heteroatoms. The Hall–Kier alpha value is -0.850. The molecular formula is C8H13N. The first-order chi connectivity index (χ1) is 4.20. The monoisotopic (exact) mass is 123 g/mol. The maximum Gasteiger partial charge on any atom is 0.0551 e. The van der Waals surface area contributed by atoms with E-state index in [1.165, 1.54) is 0 Å². The van der Waals surface area contributed by atoms with E-state index in [9.17, 15) is 0 Å². The van der Waals surface area contributed by atoms with Gasteiger partial charge < -0.3 is 0 Å². The summed E-state index contributed by atoms with van der Waals surface area (Å²) >= 11 is 0. The molecule has 0 rings (SSSR count). The van der Waals surface area contributed by atoms with Crippen LogP contribution in [0.5, 0.6) is 0 Å². The number of rotatable bonds is 3. The Balaban J connectivity index is 3.94. The molecule has 0 bridgehead atoms. The SMILES string of the molecule is C=CC(=C)N=C(C)CC. The van der Waals surface area contributed by atoms with E-state index < -0.39 is 0 Å². The highest BCUT2D eigenvalue weighted by atomic mass is 14.7. The van der Waals surface area contributed by atoms with E-state index >= 15 is 0 Å². The Labute approximate surface area is 56.8 Å². The Morgan fingerprint density at radius 2 is 2.22 bits per heavy atom.